The first-order valence-corrected chi connectivity index (χ1v) is 7.45. The molecule has 1 saturated heterocycles. The van der Waals surface area contributed by atoms with Gasteiger partial charge in [-0.25, -0.2) is 9.97 Å². The molecule has 0 radical (unpaired) electrons. The summed E-state index contributed by atoms with van der Waals surface area (Å²) >= 11 is 5.96. The van der Waals surface area contributed by atoms with Gasteiger partial charge in [-0.1, -0.05) is 24.4 Å². The number of halogens is 1. The molecule has 6 heteroatoms. The maximum Gasteiger partial charge on any atom is 0.156 e. The van der Waals surface area contributed by atoms with E-state index in [1.165, 1.54) is 6.33 Å². The summed E-state index contributed by atoms with van der Waals surface area (Å²) in [5, 5.41) is 10.9. The number of hydrogen-bond donors (Lipinski definition) is 1. The van der Waals surface area contributed by atoms with Gasteiger partial charge in [0.1, 0.15) is 17.3 Å². The SMILES string of the molecule is O=Cc1c(Cl)ncnc1N1CCC2(O)CCCCC2C1. The second kappa shape index (κ2) is 5.30. The lowest BCUT2D eigenvalue weighted by Crippen LogP contribution is -2.53. The van der Waals surface area contributed by atoms with Gasteiger partial charge in [0.05, 0.1) is 11.2 Å². The van der Waals surface area contributed by atoms with E-state index < -0.39 is 5.60 Å². The summed E-state index contributed by atoms with van der Waals surface area (Å²) in [6.45, 7) is 1.42. The predicted octanol–water partition coefficient (Wildman–Crippen LogP) is 2.07. The highest BCUT2D eigenvalue weighted by Crippen LogP contribution is 2.41. The van der Waals surface area contributed by atoms with Crippen LogP contribution in [0.4, 0.5) is 5.82 Å². The molecular formula is C14H18ClN3O2. The minimum Gasteiger partial charge on any atom is -0.389 e. The standard InChI is InChI=1S/C14H18ClN3O2/c15-12-11(8-19)13(17-9-16-12)18-6-5-14(20)4-2-1-3-10(14)7-18/h8-10,20H,1-7H2. The topological polar surface area (TPSA) is 66.3 Å². The molecule has 1 aromatic heterocycles. The number of anilines is 1. The van der Waals surface area contributed by atoms with Crippen molar-refractivity contribution >= 4 is 23.7 Å². The van der Waals surface area contributed by atoms with Gasteiger partial charge >= 0.3 is 0 Å². The number of hydrogen-bond acceptors (Lipinski definition) is 5. The lowest BCUT2D eigenvalue weighted by molar-refractivity contribution is -0.0613. The highest BCUT2D eigenvalue weighted by molar-refractivity contribution is 6.32. The van der Waals surface area contributed by atoms with Crippen LogP contribution < -0.4 is 4.90 Å². The zero-order chi connectivity index (χ0) is 14.2. The number of aldehydes is 1. The molecule has 2 heterocycles. The molecule has 1 aliphatic heterocycles. The van der Waals surface area contributed by atoms with Crippen molar-refractivity contribution in [2.45, 2.75) is 37.7 Å². The van der Waals surface area contributed by atoms with E-state index in [1.807, 2.05) is 0 Å². The van der Waals surface area contributed by atoms with E-state index in [0.717, 1.165) is 38.6 Å². The third-order valence-electron chi connectivity index (χ3n) is 4.66. The Morgan fingerprint density at radius 1 is 1.40 bits per heavy atom. The fourth-order valence-electron chi connectivity index (χ4n) is 3.48. The minimum absolute atomic E-state index is 0.189. The van der Waals surface area contributed by atoms with Gasteiger partial charge in [0.15, 0.2) is 6.29 Å². The maximum absolute atomic E-state index is 11.2. The molecule has 2 fully saturated rings. The van der Waals surface area contributed by atoms with Crippen LogP contribution in [0.15, 0.2) is 6.33 Å². The largest absolute Gasteiger partial charge is 0.389 e. The molecule has 1 saturated carbocycles. The van der Waals surface area contributed by atoms with E-state index in [4.69, 9.17) is 11.6 Å². The van der Waals surface area contributed by atoms with Crippen molar-refractivity contribution in [2.24, 2.45) is 5.92 Å². The lowest BCUT2D eigenvalue weighted by Gasteiger charge is -2.47. The number of nitrogens with zero attached hydrogens (tertiary/aromatic N) is 3. The number of fused-ring (bicyclic) bond motifs is 1. The Morgan fingerprint density at radius 3 is 3.05 bits per heavy atom. The molecule has 0 aromatic carbocycles. The van der Waals surface area contributed by atoms with Crippen LogP contribution >= 0.6 is 11.6 Å². The molecule has 2 aliphatic rings. The van der Waals surface area contributed by atoms with Crippen molar-refractivity contribution in [3.05, 3.63) is 17.0 Å². The maximum atomic E-state index is 11.2. The summed E-state index contributed by atoms with van der Waals surface area (Å²) in [5.41, 5.74) is -0.192. The fraction of sp³-hybridized carbons (Fsp3) is 0.643. The Bertz CT molecular complexity index is 525. The molecule has 0 spiro atoms. The first-order valence-electron chi connectivity index (χ1n) is 7.07. The van der Waals surface area contributed by atoms with Gasteiger partial charge in [-0.15, -0.1) is 0 Å². The lowest BCUT2D eigenvalue weighted by atomic mass is 9.71. The molecule has 5 nitrogen and oxygen atoms in total. The van der Waals surface area contributed by atoms with Crippen LogP contribution in [0.5, 0.6) is 0 Å². The highest BCUT2D eigenvalue weighted by Gasteiger charge is 2.43. The van der Waals surface area contributed by atoms with Gasteiger partial charge in [-0.3, -0.25) is 4.79 Å². The molecule has 1 aliphatic carbocycles. The van der Waals surface area contributed by atoms with Gasteiger partial charge in [0, 0.05) is 19.0 Å². The summed E-state index contributed by atoms with van der Waals surface area (Å²) in [4.78, 5) is 21.3. The monoisotopic (exact) mass is 295 g/mol. The van der Waals surface area contributed by atoms with Crippen LogP contribution in [0.3, 0.4) is 0 Å². The number of piperidine rings is 1. The van der Waals surface area contributed by atoms with Crippen LogP contribution in [0.2, 0.25) is 5.15 Å². The van der Waals surface area contributed by atoms with Gasteiger partial charge in [-0.2, -0.15) is 0 Å². The molecule has 108 valence electrons. The number of carbonyl (C=O) groups is 1. The fourth-order valence-corrected chi connectivity index (χ4v) is 3.65. The van der Waals surface area contributed by atoms with Gasteiger partial charge < -0.3 is 10.0 Å². The Kier molecular flexibility index (Phi) is 3.65. The van der Waals surface area contributed by atoms with Crippen LogP contribution in [-0.4, -0.2) is 40.1 Å². The third kappa shape index (κ3) is 2.29. The molecule has 20 heavy (non-hydrogen) atoms. The average Bonchev–Trinajstić information content (AvgIpc) is 2.46. The smallest absolute Gasteiger partial charge is 0.156 e. The Balaban J connectivity index is 1.86. The molecule has 1 N–H and O–H groups in total. The Hall–Kier alpha value is -1.20. The number of aliphatic hydroxyl groups is 1. The van der Waals surface area contributed by atoms with Crippen LogP contribution in [0.25, 0.3) is 0 Å². The van der Waals surface area contributed by atoms with Gasteiger partial charge in [0.2, 0.25) is 0 Å². The van der Waals surface area contributed by atoms with Crippen molar-refractivity contribution < 1.29 is 9.90 Å². The first kappa shape index (κ1) is 13.8. The van der Waals surface area contributed by atoms with E-state index in [2.05, 4.69) is 14.9 Å². The molecule has 0 bridgehead atoms. The summed E-state index contributed by atoms with van der Waals surface area (Å²) in [6, 6.07) is 0. The van der Waals surface area contributed by atoms with E-state index in [1.54, 1.807) is 0 Å². The quantitative estimate of drug-likeness (QED) is 0.668. The second-order valence-corrected chi connectivity index (χ2v) is 6.12. The molecule has 2 unspecified atom stereocenters. The van der Waals surface area contributed by atoms with E-state index in [9.17, 15) is 9.90 Å². The minimum atomic E-state index is -0.535. The van der Waals surface area contributed by atoms with Crippen LogP contribution in [0.1, 0.15) is 42.5 Å². The van der Waals surface area contributed by atoms with Crippen molar-refractivity contribution in [3.63, 3.8) is 0 Å². The third-order valence-corrected chi connectivity index (χ3v) is 4.96. The first-order chi connectivity index (χ1) is 9.64. The normalized spacial score (nSPS) is 29.9. The molecule has 2 atom stereocenters. The molecule has 0 amide bonds. The molecule has 3 rings (SSSR count). The number of aromatic nitrogens is 2. The summed E-state index contributed by atoms with van der Waals surface area (Å²) in [6.07, 6.45) is 6.99. The summed E-state index contributed by atoms with van der Waals surface area (Å²) in [7, 11) is 0. The Labute approximate surface area is 123 Å². The average molecular weight is 296 g/mol. The van der Waals surface area contributed by atoms with Crippen LogP contribution in [0, 0.1) is 5.92 Å². The second-order valence-electron chi connectivity index (χ2n) is 5.76. The zero-order valence-electron chi connectivity index (χ0n) is 11.3. The number of rotatable bonds is 2. The highest BCUT2D eigenvalue weighted by atomic mass is 35.5. The van der Waals surface area contributed by atoms with Gasteiger partial charge in [-0.05, 0) is 19.3 Å². The van der Waals surface area contributed by atoms with E-state index in [0.29, 0.717) is 24.2 Å². The predicted molar refractivity (Wildman–Crippen MR) is 76.2 cm³/mol. The summed E-state index contributed by atoms with van der Waals surface area (Å²) < 4.78 is 0. The van der Waals surface area contributed by atoms with Crippen molar-refractivity contribution in [2.75, 3.05) is 18.0 Å². The number of carbonyl (C=O) groups excluding carboxylic acids is 1. The van der Waals surface area contributed by atoms with E-state index in [-0.39, 0.29) is 11.1 Å². The van der Waals surface area contributed by atoms with Crippen molar-refractivity contribution in [3.8, 4) is 0 Å². The van der Waals surface area contributed by atoms with Crippen LogP contribution in [-0.2, 0) is 0 Å². The van der Waals surface area contributed by atoms with E-state index >= 15 is 0 Å². The van der Waals surface area contributed by atoms with Crippen molar-refractivity contribution in [1.29, 1.82) is 0 Å². The summed E-state index contributed by atoms with van der Waals surface area (Å²) in [5.74, 6) is 0.839. The molecular weight excluding hydrogens is 278 g/mol. The molecule has 1 aromatic rings. The van der Waals surface area contributed by atoms with Gasteiger partial charge in [0.25, 0.3) is 0 Å². The zero-order valence-corrected chi connectivity index (χ0v) is 12.0. The van der Waals surface area contributed by atoms with Crippen molar-refractivity contribution in [1.82, 2.24) is 9.97 Å². The Morgan fingerprint density at radius 2 is 2.25 bits per heavy atom.